The normalized spacial score (nSPS) is 14.0. The average Bonchev–Trinajstić information content (AvgIpc) is 2.67. The second kappa shape index (κ2) is 9.53. The summed E-state index contributed by atoms with van der Waals surface area (Å²) < 4.78 is 0. The fourth-order valence-electron chi connectivity index (χ4n) is 2.96. The zero-order valence-electron chi connectivity index (χ0n) is 14.8. The molecule has 0 aromatic heterocycles. The van der Waals surface area contributed by atoms with Crippen LogP contribution in [-0.4, -0.2) is 34.1 Å². The molecule has 5 nitrogen and oxygen atoms in total. The standard InChI is InChI=1S/C17H19N.C4H4O4/c1-18-12-16-8-4-2-6-14(16)10-11-15-7-3-5-9-17(15)13-18;5-3(6)1-2-4(7)8/h2-9H,10-13H2,1H3;1-2H,(H,5,6)(H,7,8)/b;2-1-. The highest BCUT2D eigenvalue weighted by atomic mass is 16.4. The molecule has 0 atom stereocenters. The van der Waals surface area contributed by atoms with E-state index in [1.165, 1.54) is 22.3 Å². The van der Waals surface area contributed by atoms with Gasteiger partial charge in [0.05, 0.1) is 0 Å². The number of nitrogens with zero attached hydrogens (tertiary/aromatic N) is 1. The maximum atomic E-state index is 9.55. The van der Waals surface area contributed by atoms with E-state index in [9.17, 15) is 9.59 Å². The van der Waals surface area contributed by atoms with Crippen LogP contribution in [0.2, 0.25) is 0 Å². The van der Waals surface area contributed by atoms with E-state index in [4.69, 9.17) is 10.2 Å². The van der Waals surface area contributed by atoms with Gasteiger partial charge in [0.15, 0.2) is 0 Å². The van der Waals surface area contributed by atoms with Gasteiger partial charge in [0.1, 0.15) is 0 Å². The van der Waals surface area contributed by atoms with Gasteiger partial charge in [-0.2, -0.15) is 0 Å². The van der Waals surface area contributed by atoms with Gasteiger partial charge in [-0.15, -0.1) is 0 Å². The summed E-state index contributed by atoms with van der Waals surface area (Å²) in [5, 5.41) is 15.6. The molecule has 2 aromatic rings. The Balaban J connectivity index is 0.000000260. The van der Waals surface area contributed by atoms with Gasteiger partial charge >= 0.3 is 11.9 Å². The number of carboxylic acid groups (broad SMARTS) is 2. The molecule has 0 aliphatic carbocycles. The van der Waals surface area contributed by atoms with E-state index in [1.54, 1.807) is 0 Å². The molecule has 0 fully saturated rings. The van der Waals surface area contributed by atoms with E-state index in [2.05, 4.69) is 60.5 Å². The van der Waals surface area contributed by atoms with Gasteiger partial charge < -0.3 is 10.2 Å². The van der Waals surface area contributed by atoms with Crippen LogP contribution in [-0.2, 0) is 35.5 Å². The highest BCUT2D eigenvalue weighted by molar-refractivity contribution is 5.89. The first kappa shape index (κ1) is 19.4. The fourth-order valence-corrected chi connectivity index (χ4v) is 2.96. The predicted molar refractivity (Wildman–Crippen MR) is 99.9 cm³/mol. The van der Waals surface area contributed by atoms with E-state index in [0.717, 1.165) is 25.9 Å². The number of hydrogen-bond acceptors (Lipinski definition) is 3. The average molecular weight is 353 g/mol. The van der Waals surface area contributed by atoms with Crippen molar-refractivity contribution in [3.63, 3.8) is 0 Å². The Kier molecular flexibility index (Phi) is 7.12. The Morgan fingerprint density at radius 3 is 1.46 bits per heavy atom. The van der Waals surface area contributed by atoms with Gasteiger partial charge in [-0.3, -0.25) is 4.90 Å². The van der Waals surface area contributed by atoms with Crippen LogP contribution in [0.1, 0.15) is 22.3 Å². The van der Waals surface area contributed by atoms with Crippen LogP contribution in [0.4, 0.5) is 0 Å². The summed E-state index contributed by atoms with van der Waals surface area (Å²) in [4.78, 5) is 21.5. The van der Waals surface area contributed by atoms with Gasteiger partial charge in [-0.1, -0.05) is 48.5 Å². The molecule has 0 amide bonds. The summed E-state index contributed by atoms with van der Waals surface area (Å²) in [5.41, 5.74) is 5.96. The van der Waals surface area contributed by atoms with E-state index < -0.39 is 11.9 Å². The van der Waals surface area contributed by atoms with Crippen LogP contribution in [0.25, 0.3) is 0 Å². The Morgan fingerprint density at radius 2 is 1.12 bits per heavy atom. The highest BCUT2D eigenvalue weighted by Crippen LogP contribution is 2.20. The number of aryl methyl sites for hydroxylation is 2. The number of carboxylic acids is 2. The van der Waals surface area contributed by atoms with Crippen LogP contribution < -0.4 is 0 Å². The van der Waals surface area contributed by atoms with Crippen molar-refractivity contribution in [2.75, 3.05) is 7.05 Å². The third kappa shape index (κ3) is 6.18. The molecule has 0 radical (unpaired) electrons. The summed E-state index contributed by atoms with van der Waals surface area (Å²) in [7, 11) is 2.21. The summed E-state index contributed by atoms with van der Waals surface area (Å²) in [6, 6.07) is 17.7. The molecule has 3 rings (SSSR count). The third-order valence-corrected chi connectivity index (χ3v) is 4.15. The molecular weight excluding hydrogens is 330 g/mol. The first-order valence-corrected chi connectivity index (χ1v) is 8.41. The summed E-state index contributed by atoms with van der Waals surface area (Å²) in [6.07, 6.45) is 3.42. The van der Waals surface area contributed by atoms with E-state index in [-0.39, 0.29) is 0 Å². The van der Waals surface area contributed by atoms with Gasteiger partial charge in [-0.25, -0.2) is 9.59 Å². The largest absolute Gasteiger partial charge is 0.478 e. The van der Waals surface area contributed by atoms with Crippen molar-refractivity contribution in [3.8, 4) is 0 Å². The number of rotatable bonds is 2. The topological polar surface area (TPSA) is 77.8 Å². The predicted octanol–water partition coefficient (Wildman–Crippen LogP) is 3.13. The minimum absolute atomic E-state index is 0.558. The number of aliphatic carboxylic acids is 2. The molecule has 0 saturated heterocycles. The van der Waals surface area contributed by atoms with Gasteiger partial charge in [0.2, 0.25) is 0 Å². The van der Waals surface area contributed by atoms with Crippen molar-refractivity contribution >= 4 is 11.9 Å². The Hall–Kier alpha value is -2.92. The maximum Gasteiger partial charge on any atom is 0.328 e. The minimum atomic E-state index is -1.26. The molecule has 2 aromatic carbocycles. The number of benzene rings is 2. The molecule has 26 heavy (non-hydrogen) atoms. The zero-order valence-corrected chi connectivity index (χ0v) is 14.8. The molecule has 0 spiro atoms. The van der Waals surface area contributed by atoms with E-state index >= 15 is 0 Å². The SMILES string of the molecule is CN1Cc2ccccc2CCc2ccccc2C1.O=C(O)/C=C\C(=O)O. The van der Waals surface area contributed by atoms with Crippen LogP contribution in [0.3, 0.4) is 0 Å². The van der Waals surface area contributed by atoms with Crippen LogP contribution >= 0.6 is 0 Å². The molecule has 0 saturated carbocycles. The number of hydrogen-bond donors (Lipinski definition) is 2. The quantitative estimate of drug-likeness (QED) is 0.811. The molecule has 5 heteroatoms. The molecule has 136 valence electrons. The first-order valence-electron chi connectivity index (χ1n) is 8.41. The fraction of sp³-hybridized carbons (Fsp3) is 0.238. The van der Waals surface area contributed by atoms with Crippen molar-refractivity contribution in [2.24, 2.45) is 0 Å². The van der Waals surface area contributed by atoms with Crippen molar-refractivity contribution in [3.05, 3.63) is 82.9 Å². The summed E-state index contributed by atoms with van der Waals surface area (Å²) >= 11 is 0. The monoisotopic (exact) mass is 353 g/mol. The van der Waals surface area contributed by atoms with E-state index in [1.807, 2.05) is 0 Å². The minimum Gasteiger partial charge on any atom is -0.478 e. The number of fused-ring (bicyclic) bond motifs is 2. The molecule has 2 N–H and O–H groups in total. The second-order valence-electron chi connectivity index (χ2n) is 6.22. The lowest BCUT2D eigenvalue weighted by atomic mass is 9.98. The molecule has 0 unspecified atom stereocenters. The van der Waals surface area contributed by atoms with Gasteiger partial charge in [-0.05, 0) is 42.1 Å². The third-order valence-electron chi connectivity index (χ3n) is 4.15. The van der Waals surface area contributed by atoms with E-state index in [0.29, 0.717) is 12.2 Å². The van der Waals surface area contributed by atoms with Crippen molar-refractivity contribution in [1.82, 2.24) is 4.90 Å². The molecule has 1 aliphatic heterocycles. The first-order chi connectivity index (χ1) is 12.5. The summed E-state index contributed by atoms with van der Waals surface area (Å²) in [5.74, 6) is -2.51. The lowest BCUT2D eigenvalue weighted by molar-refractivity contribution is -0.134. The Labute approximate surface area is 153 Å². The van der Waals surface area contributed by atoms with Crippen LogP contribution in [0.5, 0.6) is 0 Å². The lowest BCUT2D eigenvalue weighted by Crippen LogP contribution is -2.17. The Morgan fingerprint density at radius 1 is 0.769 bits per heavy atom. The Bertz CT molecular complexity index is 733. The zero-order chi connectivity index (χ0) is 18.9. The van der Waals surface area contributed by atoms with Gasteiger partial charge in [0.25, 0.3) is 0 Å². The molecule has 1 aliphatic rings. The second-order valence-corrected chi connectivity index (χ2v) is 6.22. The molecular formula is C21H23NO4. The van der Waals surface area contributed by atoms with Crippen molar-refractivity contribution in [1.29, 1.82) is 0 Å². The smallest absolute Gasteiger partial charge is 0.328 e. The summed E-state index contributed by atoms with van der Waals surface area (Å²) in [6.45, 7) is 2.09. The van der Waals surface area contributed by atoms with Crippen molar-refractivity contribution in [2.45, 2.75) is 25.9 Å². The van der Waals surface area contributed by atoms with Crippen LogP contribution in [0.15, 0.2) is 60.7 Å². The van der Waals surface area contributed by atoms with Crippen LogP contribution in [0, 0.1) is 0 Å². The molecule has 1 heterocycles. The van der Waals surface area contributed by atoms with Gasteiger partial charge in [0, 0.05) is 25.2 Å². The van der Waals surface area contributed by atoms with Crippen molar-refractivity contribution < 1.29 is 19.8 Å². The maximum absolute atomic E-state index is 9.55. The molecule has 0 bridgehead atoms. The highest BCUT2D eigenvalue weighted by Gasteiger charge is 2.12. The number of carbonyl (C=O) groups is 2. The lowest BCUT2D eigenvalue weighted by Gasteiger charge is -2.18.